The molecule has 0 atom stereocenters. The molecule has 0 bridgehead atoms. The topological polar surface area (TPSA) is 129 Å². The zero-order chi connectivity index (χ0) is 23.6. The zero-order valence-electron chi connectivity index (χ0n) is 17.7. The molecule has 9 nitrogen and oxygen atoms in total. The average molecular weight is 446 g/mol. The number of amides is 3. The van der Waals surface area contributed by atoms with Crippen LogP contribution in [0.2, 0.25) is 0 Å². The van der Waals surface area contributed by atoms with E-state index < -0.39 is 17.7 Å². The smallest absolute Gasteiger partial charge is 0.329 e. The number of phenols is 1. The Labute approximate surface area is 190 Å². The van der Waals surface area contributed by atoms with E-state index in [9.17, 15) is 19.5 Å². The summed E-state index contributed by atoms with van der Waals surface area (Å²) in [7, 11) is 0. The van der Waals surface area contributed by atoms with E-state index in [1.165, 1.54) is 30.5 Å². The predicted molar refractivity (Wildman–Crippen MR) is 124 cm³/mol. The maximum atomic E-state index is 12.7. The molecule has 0 spiro atoms. The molecule has 3 aromatic carbocycles. The molecule has 4 N–H and O–H groups in total. The third-order valence-corrected chi connectivity index (χ3v) is 4.32. The molecule has 0 aliphatic carbocycles. The van der Waals surface area contributed by atoms with Gasteiger partial charge in [0.1, 0.15) is 11.5 Å². The first-order valence-electron chi connectivity index (χ1n) is 10.0. The lowest BCUT2D eigenvalue weighted by Gasteiger charge is -2.11. The highest BCUT2D eigenvalue weighted by atomic mass is 16.5. The number of hydrogen-bond acceptors (Lipinski definition) is 6. The van der Waals surface area contributed by atoms with Crippen LogP contribution in [0.4, 0.5) is 11.4 Å². The average Bonchev–Trinajstić information content (AvgIpc) is 2.82. The number of anilines is 2. The Bertz CT molecular complexity index is 1160. The molecule has 3 aromatic rings. The van der Waals surface area contributed by atoms with Crippen LogP contribution in [0.3, 0.4) is 0 Å². The highest BCUT2D eigenvalue weighted by Crippen LogP contribution is 2.19. The van der Waals surface area contributed by atoms with Crippen molar-refractivity contribution in [2.24, 2.45) is 5.10 Å². The highest BCUT2D eigenvalue weighted by molar-refractivity contribution is 6.40. The standard InChI is InChI=1S/C24H22N4O5/c1-2-33-19-13-9-17(10-14-19)26-22(30)20-5-3-4-6-21(20)27-23(31)24(32)28-25-15-16-7-11-18(29)12-8-16/h3-15,29H,2H2,1H3,(H,26,30)(H,27,31)(H,28,32)/b25-15-. The molecular formula is C24H22N4O5. The first kappa shape index (κ1) is 23.0. The second-order valence-electron chi connectivity index (χ2n) is 6.70. The third-order valence-electron chi connectivity index (χ3n) is 4.32. The van der Waals surface area contributed by atoms with Gasteiger partial charge in [0.05, 0.1) is 24.1 Å². The van der Waals surface area contributed by atoms with E-state index in [2.05, 4.69) is 21.2 Å². The molecule has 9 heteroatoms. The van der Waals surface area contributed by atoms with Crippen molar-refractivity contribution in [1.29, 1.82) is 0 Å². The van der Waals surface area contributed by atoms with E-state index in [4.69, 9.17) is 4.74 Å². The number of nitrogens with zero attached hydrogens (tertiary/aromatic N) is 1. The van der Waals surface area contributed by atoms with Crippen molar-refractivity contribution >= 4 is 35.3 Å². The Balaban J connectivity index is 1.61. The largest absolute Gasteiger partial charge is 0.508 e. The first-order valence-corrected chi connectivity index (χ1v) is 10.0. The van der Waals surface area contributed by atoms with E-state index in [1.54, 1.807) is 48.5 Å². The first-order chi connectivity index (χ1) is 16.0. The molecule has 168 valence electrons. The van der Waals surface area contributed by atoms with Gasteiger partial charge in [-0.2, -0.15) is 5.10 Å². The van der Waals surface area contributed by atoms with E-state index in [0.29, 0.717) is 23.6 Å². The monoisotopic (exact) mass is 446 g/mol. The van der Waals surface area contributed by atoms with E-state index in [-0.39, 0.29) is 17.0 Å². The van der Waals surface area contributed by atoms with Crippen LogP contribution in [0, 0.1) is 0 Å². The van der Waals surface area contributed by atoms with Gasteiger partial charge in [-0.3, -0.25) is 14.4 Å². The van der Waals surface area contributed by atoms with Crippen molar-refractivity contribution in [1.82, 2.24) is 5.43 Å². The molecule has 0 fully saturated rings. The van der Waals surface area contributed by atoms with Crippen molar-refractivity contribution in [3.8, 4) is 11.5 Å². The third kappa shape index (κ3) is 6.66. The number of hydrogen-bond donors (Lipinski definition) is 4. The van der Waals surface area contributed by atoms with Crippen molar-refractivity contribution in [2.45, 2.75) is 6.92 Å². The summed E-state index contributed by atoms with van der Waals surface area (Å²) in [5.74, 6) is -1.67. The van der Waals surface area contributed by atoms with Crippen molar-refractivity contribution in [3.63, 3.8) is 0 Å². The summed E-state index contributed by atoms with van der Waals surface area (Å²) in [5, 5.41) is 18.1. The number of benzene rings is 3. The van der Waals surface area contributed by atoms with Crippen molar-refractivity contribution in [3.05, 3.63) is 83.9 Å². The SMILES string of the molecule is CCOc1ccc(NC(=O)c2ccccc2NC(=O)C(=O)N/N=C\c2ccc(O)cc2)cc1. The Morgan fingerprint density at radius 2 is 1.61 bits per heavy atom. The molecule has 0 aromatic heterocycles. The molecule has 0 unspecified atom stereocenters. The molecule has 3 rings (SSSR count). The number of rotatable bonds is 7. The van der Waals surface area contributed by atoms with Gasteiger partial charge in [-0.25, -0.2) is 5.43 Å². The summed E-state index contributed by atoms with van der Waals surface area (Å²) >= 11 is 0. The number of carbonyl (C=O) groups excluding carboxylic acids is 3. The molecular weight excluding hydrogens is 424 g/mol. The molecule has 0 radical (unpaired) electrons. The normalized spacial score (nSPS) is 10.5. The molecule has 0 aliphatic rings. The molecule has 3 amide bonds. The summed E-state index contributed by atoms with van der Waals surface area (Å²) in [6, 6.07) is 19.3. The number of nitrogens with one attached hydrogen (secondary N) is 3. The van der Waals surface area contributed by atoms with Crippen LogP contribution in [-0.2, 0) is 9.59 Å². The maximum absolute atomic E-state index is 12.7. The quantitative estimate of drug-likeness (QED) is 0.252. The van der Waals surface area contributed by atoms with E-state index >= 15 is 0 Å². The number of para-hydroxylation sites is 1. The second kappa shape index (κ2) is 11.1. The fraction of sp³-hybridized carbons (Fsp3) is 0.0833. The van der Waals surface area contributed by atoms with Gasteiger partial charge in [0, 0.05) is 5.69 Å². The summed E-state index contributed by atoms with van der Waals surface area (Å²) < 4.78 is 5.38. The van der Waals surface area contributed by atoms with Crippen molar-refractivity contribution in [2.75, 3.05) is 17.2 Å². The van der Waals surface area contributed by atoms with Crippen molar-refractivity contribution < 1.29 is 24.2 Å². The Morgan fingerprint density at radius 3 is 2.30 bits per heavy atom. The highest BCUT2D eigenvalue weighted by Gasteiger charge is 2.17. The minimum absolute atomic E-state index is 0.0980. The van der Waals surface area contributed by atoms with Crippen LogP contribution in [0.5, 0.6) is 11.5 Å². The van der Waals surface area contributed by atoms with Gasteiger partial charge in [-0.15, -0.1) is 0 Å². The van der Waals surface area contributed by atoms with Crippen LogP contribution in [0.15, 0.2) is 77.9 Å². The summed E-state index contributed by atoms with van der Waals surface area (Å²) in [4.78, 5) is 37.0. The molecule has 0 heterocycles. The maximum Gasteiger partial charge on any atom is 0.329 e. The molecule has 0 saturated heterocycles. The lowest BCUT2D eigenvalue weighted by molar-refractivity contribution is -0.136. The van der Waals surface area contributed by atoms with Crippen LogP contribution in [-0.4, -0.2) is 35.6 Å². The summed E-state index contributed by atoms with van der Waals surface area (Å²) in [6.07, 6.45) is 1.32. The number of hydrazone groups is 1. The lowest BCUT2D eigenvalue weighted by atomic mass is 10.1. The second-order valence-corrected chi connectivity index (χ2v) is 6.70. The number of aromatic hydroxyl groups is 1. The zero-order valence-corrected chi connectivity index (χ0v) is 17.7. The predicted octanol–water partition coefficient (Wildman–Crippen LogP) is 3.13. The number of carbonyl (C=O) groups is 3. The van der Waals surface area contributed by atoms with Gasteiger partial charge in [-0.05, 0) is 73.2 Å². The summed E-state index contributed by atoms with van der Waals surface area (Å²) in [6.45, 7) is 2.41. The number of phenolic OH excluding ortho intramolecular Hbond substituents is 1. The molecule has 0 aliphatic heterocycles. The van der Waals surface area contributed by atoms with Crippen LogP contribution < -0.4 is 20.8 Å². The lowest BCUT2D eigenvalue weighted by Crippen LogP contribution is -2.33. The van der Waals surface area contributed by atoms with E-state index in [0.717, 1.165) is 0 Å². The fourth-order valence-corrected chi connectivity index (χ4v) is 2.75. The molecule has 33 heavy (non-hydrogen) atoms. The molecule has 0 saturated carbocycles. The number of ether oxygens (including phenoxy) is 1. The van der Waals surface area contributed by atoms with Gasteiger partial charge in [0.2, 0.25) is 0 Å². The van der Waals surface area contributed by atoms with Gasteiger partial charge >= 0.3 is 11.8 Å². The van der Waals surface area contributed by atoms with Crippen LogP contribution in [0.25, 0.3) is 0 Å². The Kier molecular flexibility index (Phi) is 7.74. The van der Waals surface area contributed by atoms with Gasteiger partial charge in [-0.1, -0.05) is 12.1 Å². The Hall–Kier alpha value is -4.66. The van der Waals surface area contributed by atoms with Crippen LogP contribution in [0.1, 0.15) is 22.8 Å². The van der Waals surface area contributed by atoms with Crippen LogP contribution >= 0.6 is 0 Å². The Morgan fingerprint density at radius 1 is 0.909 bits per heavy atom. The van der Waals surface area contributed by atoms with Gasteiger partial charge in [0.25, 0.3) is 5.91 Å². The minimum atomic E-state index is -1.01. The van der Waals surface area contributed by atoms with Gasteiger partial charge < -0.3 is 20.5 Å². The minimum Gasteiger partial charge on any atom is -0.508 e. The van der Waals surface area contributed by atoms with Gasteiger partial charge in [0.15, 0.2) is 0 Å². The fourth-order valence-electron chi connectivity index (χ4n) is 2.75. The van der Waals surface area contributed by atoms with E-state index in [1.807, 2.05) is 6.92 Å². The summed E-state index contributed by atoms with van der Waals surface area (Å²) in [5.41, 5.74) is 3.63.